The highest BCUT2D eigenvalue weighted by molar-refractivity contribution is 5.26. The van der Waals surface area contributed by atoms with Crippen LogP contribution in [0.15, 0.2) is 24.3 Å². The second-order valence-corrected chi connectivity index (χ2v) is 4.94. The Morgan fingerprint density at radius 3 is 2.44 bits per heavy atom. The van der Waals surface area contributed by atoms with Gasteiger partial charge < -0.3 is 9.47 Å². The van der Waals surface area contributed by atoms with Crippen LogP contribution in [0.4, 0.5) is 0 Å². The molecule has 100 valence electrons. The Labute approximate surface area is 110 Å². The molecule has 0 atom stereocenters. The van der Waals surface area contributed by atoms with Crippen molar-refractivity contribution in [1.29, 1.82) is 0 Å². The Hall–Kier alpha value is -1.06. The monoisotopic (exact) mass is 249 g/mol. The molecule has 0 spiro atoms. The van der Waals surface area contributed by atoms with Gasteiger partial charge in [0, 0.05) is 26.7 Å². The van der Waals surface area contributed by atoms with Gasteiger partial charge in [-0.1, -0.05) is 17.7 Å². The second kappa shape index (κ2) is 6.76. The van der Waals surface area contributed by atoms with Crippen molar-refractivity contribution in [2.24, 2.45) is 0 Å². The molecule has 18 heavy (non-hydrogen) atoms. The Bertz CT molecular complexity index is 342. The van der Waals surface area contributed by atoms with Gasteiger partial charge in [0.15, 0.2) is 0 Å². The lowest BCUT2D eigenvalue weighted by Gasteiger charge is -2.30. The van der Waals surface area contributed by atoms with E-state index in [0.717, 1.165) is 44.8 Å². The minimum Gasteiger partial charge on any atom is -0.492 e. The number of benzene rings is 1. The van der Waals surface area contributed by atoms with Gasteiger partial charge in [0.2, 0.25) is 0 Å². The second-order valence-electron chi connectivity index (χ2n) is 4.94. The highest BCUT2D eigenvalue weighted by Gasteiger charge is 2.17. The molecule has 1 fully saturated rings. The summed E-state index contributed by atoms with van der Waals surface area (Å²) < 4.78 is 11.1. The van der Waals surface area contributed by atoms with Crippen LogP contribution in [0.1, 0.15) is 18.4 Å². The Morgan fingerprint density at radius 2 is 1.83 bits per heavy atom. The van der Waals surface area contributed by atoms with E-state index in [1.54, 1.807) is 7.11 Å². The van der Waals surface area contributed by atoms with Gasteiger partial charge in [-0.2, -0.15) is 0 Å². The van der Waals surface area contributed by atoms with Gasteiger partial charge in [-0.05, 0) is 31.9 Å². The summed E-state index contributed by atoms with van der Waals surface area (Å²) in [6.07, 6.45) is 2.74. The van der Waals surface area contributed by atoms with E-state index in [1.807, 2.05) is 12.1 Å². The summed E-state index contributed by atoms with van der Waals surface area (Å²) in [6, 6.07) is 8.23. The molecule has 1 aliphatic heterocycles. The van der Waals surface area contributed by atoms with Crippen LogP contribution in [0.3, 0.4) is 0 Å². The zero-order chi connectivity index (χ0) is 12.8. The van der Waals surface area contributed by atoms with Crippen molar-refractivity contribution >= 4 is 0 Å². The van der Waals surface area contributed by atoms with E-state index in [1.165, 1.54) is 5.56 Å². The van der Waals surface area contributed by atoms with Crippen molar-refractivity contribution < 1.29 is 9.47 Å². The largest absolute Gasteiger partial charge is 0.492 e. The first-order chi connectivity index (χ1) is 8.78. The molecular formula is C15H23NO2. The highest BCUT2D eigenvalue weighted by Crippen LogP contribution is 2.14. The fourth-order valence-electron chi connectivity index (χ4n) is 2.30. The minimum atomic E-state index is 0.458. The molecule has 0 aromatic heterocycles. The van der Waals surface area contributed by atoms with Gasteiger partial charge in [0.05, 0.1) is 6.10 Å². The van der Waals surface area contributed by atoms with E-state index in [2.05, 4.69) is 24.0 Å². The summed E-state index contributed by atoms with van der Waals surface area (Å²) >= 11 is 0. The van der Waals surface area contributed by atoms with Gasteiger partial charge in [-0.3, -0.25) is 4.90 Å². The number of piperidine rings is 1. The number of hydrogen-bond donors (Lipinski definition) is 0. The first-order valence-electron chi connectivity index (χ1n) is 6.72. The molecule has 1 aliphatic rings. The molecule has 0 N–H and O–H groups in total. The smallest absolute Gasteiger partial charge is 0.119 e. The number of nitrogens with zero attached hydrogens (tertiary/aromatic N) is 1. The standard InChI is InChI=1S/C15H23NO2/c1-13-3-5-15(6-4-13)18-12-11-16-9-7-14(17-2)8-10-16/h3-6,14H,7-12H2,1-2H3. The average molecular weight is 249 g/mol. The normalized spacial score (nSPS) is 17.9. The molecule has 3 nitrogen and oxygen atoms in total. The van der Waals surface area contributed by atoms with Crippen molar-refractivity contribution in [2.45, 2.75) is 25.9 Å². The van der Waals surface area contributed by atoms with Gasteiger partial charge in [0.25, 0.3) is 0 Å². The molecule has 0 bridgehead atoms. The number of aryl methyl sites for hydroxylation is 1. The lowest BCUT2D eigenvalue weighted by molar-refractivity contribution is 0.0375. The number of likely N-dealkylation sites (tertiary alicyclic amines) is 1. The van der Waals surface area contributed by atoms with E-state index >= 15 is 0 Å². The van der Waals surface area contributed by atoms with Crippen LogP contribution in [0.2, 0.25) is 0 Å². The summed E-state index contributed by atoms with van der Waals surface area (Å²) in [4.78, 5) is 2.45. The molecule has 0 unspecified atom stereocenters. The Kier molecular flexibility index (Phi) is 5.02. The molecule has 1 saturated heterocycles. The SMILES string of the molecule is COC1CCN(CCOc2ccc(C)cc2)CC1. The van der Waals surface area contributed by atoms with E-state index in [4.69, 9.17) is 9.47 Å². The quantitative estimate of drug-likeness (QED) is 0.800. The van der Waals surface area contributed by atoms with E-state index in [0.29, 0.717) is 6.10 Å². The van der Waals surface area contributed by atoms with Crippen molar-refractivity contribution in [3.63, 3.8) is 0 Å². The first kappa shape index (κ1) is 13.4. The number of hydrogen-bond acceptors (Lipinski definition) is 3. The van der Waals surface area contributed by atoms with Crippen LogP contribution in [-0.2, 0) is 4.74 Å². The van der Waals surface area contributed by atoms with Gasteiger partial charge in [0.1, 0.15) is 12.4 Å². The van der Waals surface area contributed by atoms with E-state index < -0.39 is 0 Å². The third-order valence-corrected chi connectivity index (χ3v) is 3.57. The zero-order valence-electron chi connectivity index (χ0n) is 11.4. The maximum atomic E-state index is 5.74. The molecule has 1 aromatic carbocycles. The molecular weight excluding hydrogens is 226 g/mol. The topological polar surface area (TPSA) is 21.7 Å². The third kappa shape index (κ3) is 4.00. The predicted molar refractivity (Wildman–Crippen MR) is 73.1 cm³/mol. The summed E-state index contributed by atoms with van der Waals surface area (Å²) in [5.41, 5.74) is 1.27. The van der Waals surface area contributed by atoms with Crippen LogP contribution in [-0.4, -0.2) is 44.4 Å². The average Bonchev–Trinajstić information content (AvgIpc) is 2.42. The molecule has 1 aromatic rings. The lowest BCUT2D eigenvalue weighted by atomic mass is 10.1. The van der Waals surface area contributed by atoms with Crippen LogP contribution in [0.25, 0.3) is 0 Å². The molecule has 0 radical (unpaired) electrons. The molecule has 3 heteroatoms. The zero-order valence-corrected chi connectivity index (χ0v) is 11.4. The maximum absolute atomic E-state index is 5.74. The Balaban J connectivity index is 1.65. The maximum Gasteiger partial charge on any atom is 0.119 e. The summed E-state index contributed by atoms with van der Waals surface area (Å²) in [5, 5.41) is 0. The van der Waals surface area contributed by atoms with Crippen LogP contribution < -0.4 is 4.74 Å². The fraction of sp³-hybridized carbons (Fsp3) is 0.600. The summed E-state index contributed by atoms with van der Waals surface area (Å²) in [6.45, 7) is 6.10. The van der Waals surface area contributed by atoms with Gasteiger partial charge in [-0.15, -0.1) is 0 Å². The predicted octanol–water partition coefficient (Wildman–Crippen LogP) is 2.48. The number of methoxy groups -OCH3 is 1. The van der Waals surface area contributed by atoms with E-state index in [9.17, 15) is 0 Å². The molecule has 1 heterocycles. The third-order valence-electron chi connectivity index (χ3n) is 3.57. The minimum absolute atomic E-state index is 0.458. The first-order valence-corrected chi connectivity index (χ1v) is 6.72. The van der Waals surface area contributed by atoms with Gasteiger partial charge >= 0.3 is 0 Å². The summed E-state index contributed by atoms with van der Waals surface area (Å²) in [7, 11) is 1.81. The summed E-state index contributed by atoms with van der Waals surface area (Å²) in [5.74, 6) is 0.965. The van der Waals surface area contributed by atoms with Gasteiger partial charge in [-0.25, -0.2) is 0 Å². The number of ether oxygens (including phenoxy) is 2. The highest BCUT2D eigenvalue weighted by atomic mass is 16.5. The lowest BCUT2D eigenvalue weighted by Crippen LogP contribution is -2.38. The van der Waals surface area contributed by atoms with Crippen LogP contribution in [0, 0.1) is 6.92 Å². The van der Waals surface area contributed by atoms with Crippen molar-refractivity contribution in [3.8, 4) is 5.75 Å². The van der Waals surface area contributed by atoms with Crippen molar-refractivity contribution in [3.05, 3.63) is 29.8 Å². The molecule has 0 amide bonds. The molecule has 0 saturated carbocycles. The fourth-order valence-corrected chi connectivity index (χ4v) is 2.30. The van der Waals surface area contributed by atoms with Crippen LogP contribution in [0.5, 0.6) is 5.75 Å². The van der Waals surface area contributed by atoms with Crippen molar-refractivity contribution in [2.75, 3.05) is 33.4 Å². The van der Waals surface area contributed by atoms with E-state index in [-0.39, 0.29) is 0 Å². The molecule has 2 rings (SSSR count). The molecule has 0 aliphatic carbocycles. The number of rotatable bonds is 5. The van der Waals surface area contributed by atoms with Crippen LogP contribution >= 0.6 is 0 Å². The Morgan fingerprint density at radius 1 is 1.17 bits per heavy atom. The van der Waals surface area contributed by atoms with Crippen molar-refractivity contribution in [1.82, 2.24) is 4.90 Å².